The summed E-state index contributed by atoms with van der Waals surface area (Å²) < 4.78 is 1.10. The molecular weight excluding hydrogens is 320 g/mol. The Morgan fingerprint density at radius 2 is 1.79 bits per heavy atom. The third-order valence-electron chi connectivity index (χ3n) is 3.20. The van der Waals surface area contributed by atoms with Gasteiger partial charge in [0.25, 0.3) is 0 Å². The van der Waals surface area contributed by atoms with Gasteiger partial charge in [-0.25, -0.2) is 5.43 Å². The highest BCUT2D eigenvalue weighted by molar-refractivity contribution is 9.10. The number of fused-ring (bicyclic) bond motifs is 1. The van der Waals surface area contributed by atoms with Crippen LogP contribution in [0.15, 0.2) is 57.7 Å². The van der Waals surface area contributed by atoms with Gasteiger partial charge in [-0.2, -0.15) is 11.3 Å². The summed E-state index contributed by atoms with van der Waals surface area (Å²) in [5.41, 5.74) is 5.27. The Hall–Kier alpha value is -1.20. The number of hydrazine groups is 1. The summed E-state index contributed by atoms with van der Waals surface area (Å²) in [6.07, 6.45) is 0. The molecule has 0 saturated heterocycles. The lowest BCUT2D eigenvalue weighted by molar-refractivity contribution is 0.639. The average Bonchev–Trinajstić information content (AvgIpc) is 2.93. The van der Waals surface area contributed by atoms with Crippen molar-refractivity contribution >= 4 is 38.0 Å². The second-order valence-electron chi connectivity index (χ2n) is 4.41. The van der Waals surface area contributed by atoms with Crippen LogP contribution in [0, 0.1) is 0 Å². The summed E-state index contributed by atoms with van der Waals surface area (Å²) in [5, 5.41) is 6.63. The van der Waals surface area contributed by atoms with E-state index in [0.29, 0.717) is 0 Å². The quantitative estimate of drug-likeness (QED) is 0.556. The summed E-state index contributed by atoms with van der Waals surface area (Å²) in [7, 11) is 0. The topological polar surface area (TPSA) is 38.0 Å². The summed E-state index contributed by atoms with van der Waals surface area (Å²) in [5.74, 6) is 5.71. The van der Waals surface area contributed by atoms with Gasteiger partial charge in [0.1, 0.15) is 0 Å². The lowest BCUT2D eigenvalue weighted by Gasteiger charge is -2.16. The van der Waals surface area contributed by atoms with Crippen molar-refractivity contribution < 1.29 is 0 Å². The molecule has 2 aromatic carbocycles. The van der Waals surface area contributed by atoms with Gasteiger partial charge >= 0.3 is 0 Å². The van der Waals surface area contributed by atoms with E-state index in [1.54, 1.807) is 11.3 Å². The first-order valence-electron chi connectivity index (χ1n) is 5.95. The molecule has 19 heavy (non-hydrogen) atoms. The molecule has 0 aliphatic heterocycles. The smallest absolute Gasteiger partial charge is 0.0718 e. The Balaban J connectivity index is 2.07. The number of hydrogen-bond donors (Lipinski definition) is 2. The minimum atomic E-state index is 0.0410. The van der Waals surface area contributed by atoms with Gasteiger partial charge in [0.05, 0.1) is 6.04 Å². The van der Waals surface area contributed by atoms with Gasteiger partial charge in [0, 0.05) is 4.47 Å². The lowest BCUT2D eigenvalue weighted by Crippen LogP contribution is -2.28. The summed E-state index contributed by atoms with van der Waals surface area (Å²) in [6.45, 7) is 0. The first-order valence-corrected chi connectivity index (χ1v) is 7.69. The standard InChI is InChI=1S/C15H13BrN2S/c16-14-4-3-10-7-12(2-1-11(10)8-14)15(18-17)13-5-6-19-9-13/h1-9,15,18H,17H2. The predicted octanol–water partition coefficient (Wildman–Crippen LogP) is 4.22. The number of nitrogens with one attached hydrogen (secondary N) is 1. The second kappa shape index (κ2) is 5.43. The monoisotopic (exact) mass is 332 g/mol. The fraction of sp³-hybridized carbons (Fsp3) is 0.0667. The third kappa shape index (κ3) is 2.58. The third-order valence-corrected chi connectivity index (χ3v) is 4.40. The number of halogens is 1. The first-order chi connectivity index (χ1) is 9.28. The maximum absolute atomic E-state index is 5.71. The maximum atomic E-state index is 5.71. The van der Waals surface area contributed by atoms with Crippen LogP contribution >= 0.6 is 27.3 Å². The van der Waals surface area contributed by atoms with E-state index in [9.17, 15) is 0 Å². The normalized spacial score (nSPS) is 12.7. The van der Waals surface area contributed by atoms with Crippen molar-refractivity contribution in [3.63, 3.8) is 0 Å². The molecule has 0 radical (unpaired) electrons. The Morgan fingerprint density at radius 1 is 1.00 bits per heavy atom. The van der Waals surface area contributed by atoms with E-state index in [1.807, 2.05) is 0 Å². The molecule has 0 saturated carbocycles. The fourth-order valence-corrected chi connectivity index (χ4v) is 3.30. The minimum Gasteiger partial charge on any atom is -0.271 e. The predicted molar refractivity (Wildman–Crippen MR) is 85.1 cm³/mol. The first kappa shape index (κ1) is 12.8. The molecule has 0 spiro atoms. The van der Waals surface area contributed by atoms with Crippen molar-refractivity contribution in [1.29, 1.82) is 0 Å². The highest BCUT2D eigenvalue weighted by Crippen LogP contribution is 2.27. The van der Waals surface area contributed by atoms with E-state index in [-0.39, 0.29) is 6.04 Å². The molecule has 0 aliphatic carbocycles. The number of benzene rings is 2. The van der Waals surface area contributed by atoms with Crippen molar-refractivity contribution in [2.75, 3.05) is 0 Å². The Labute approximate surface area is 124 Å². The van der Waals surface area contributed by atoms with Crippen LogP contribution in [0.4, 0.5) is 0 Å². The number of nitrogens with two attached hydrogens (primary N) is 1. The van der Waals surface area contributed by atoms with Gasteiger partial charge in [-0.05, 0) is 56.9 Å². The van der Waals surface area contributed by atoms with E-state index >= 15 is 0 Å². The molecule has 1 aromatic heterocycles. The van der Waals surface area contributed by atoms with E-state index in [2.05, 4.69) is 74.6 Å². The Morgan fingerprint density at radius 3 is 2.53 bits per heavy atom. The van der Waals surface area contributed by atoms with Crippen molar-refractivity contribution in [3.8, 4) is 0 Å². The van der Waals surface area contributed by atoms with Crippen LogP contribution in [0.3, 0.4) is 0 Å². The zero-order valence-corrected chi connectivity index (χ0v) is 12.5. The summed E-state index contributed by atoms with van der Waals surface area (Å²) in [4.78, 5) is 0. The van der Waals surface area contributed by atoms with Crippen LogP contribution in [0.25, 0.3) is 10.8 Å². The molecule has 1 atom stereocenters. The average molecular weight is 333 g/mol. The highest BCUT2D eigenvalue weighted by atomic mass is 79.9. The molecule has 0 aliphatic rings. The van der Waals surface area contributed by atoms with Gasteiger partial charge in [0.15, 0.2) is 0 Å². The van der Waals surface area contributed by atoms with Crippen LogP contribution in [-0.2, 0) is 0 Å². The van der Waals surface area contributed by atoms with Gasteiger partial charge in [-0.1, -0.05) is 34.1 Å². The van der Waals surface area contributed by atoms with Crippen molar-refractivity contribution in [1.82, 2.24) is 5.43 Å². The number of thiophene rings is 1. The van der Waals surface area contributed by atoms with E-state index < -0.39 is 0 Å². The highest BCUT2D eigenvalue weighted by Gasteiger charge is 2.13. The van der Waals surface area contributed by atoms with E-state index in [0.717, 1.165) is 4.47 Å². The molecule has 3 N–H and O–H groups in total. The van der Waals surface area contributed by atoms with Crippen LogP contribution < -0.4 is 11.3 Å². The maximum Gasteiger partial charge on any atom is 0.0718 e. The molecule has 3 aromatic rings. The van der Waals surface area contributed by atoms with Gasteiger partial charge in [0.2, 0.25) is 0 Å². The molecule has 0 fully saturated rings. The molecule has 2 nitrogen and oxygen atoms in total. The zero-order valence-electron chi connectivity index (χ0n) is 10.1. The lowest BCUT2D eigenvalue weighted by atomic mass is 9.98. The van der Waals surface area contributed by atoms with E-state index in [1.165, 1.54) is 21.9 Å². The number of rotatable bonds is 3. The molecule has 0 amide bonds. The Kier molecular flexibility index (Phi) is 3.66. The Bertz CT molecular complexity index is 694. The number of hydrogen-bond acceptors (Lipinski definition) is 3. The summed E-state index contributed by atoms with van der Waals surface area (Å²) >= 11 is 5.18. The van der Waals surface area contributed by atoms with Crippen molar-refractivity contribution in [2.24, 2.45) is 5.84 Å². The van der Waals surface area contributed by atoms with Crippen LogP contribution in [-0.4, -0.2) is 0 Å². The van der Waals surface area contributed by atoms with Gasteiger partial charge in [-0.15, -0.1) is 0 Å². The molecule has 1 unspecified atom stereocenters. The molecule has 4 heteroatoms. The second-order valence-corrected chi connectivity index (χ2v) is 6.10. The van der Waals surface area contributed by atoms with Gasteiger partial charge in [-0.3, -0.25) is 5.84 Å². The zero-order chi connectivity index (χ0) is 13.2. The molecule has 0 bridgehead atoms. The largest absolute Gasteiger partial charge is 0.271 e. The van der Waals surface area contributed by atoms with Crippen LogP contribution in [0.5, 0.6) is 0 Å². The minimum absolute atomic E-state index is 0.0410. The van der Waals surface area contributed by atoms with Crippen molar-refractivity contribution in [3.05, 3.63) is 68.8 Å². The van der Waals surface area contributed by atoms with E-state index in [4.69, 9.17) is 5.84 Å². The van der Waals surface area contributed by atoms with Crippen molar-refractivity contribution in [2.45, 2.75) is 6.04 Å². The van der Waals surface area contributed by atoms with Crippen LogP contribution in [0.1, 0.15) is 17.2 Å². The molecule has 1 heterocycles. The summed E-state index contributed by atoms with van der Waals surface area (Å²) in [6, 6.07) is 14.9. The van der Waals surface area contributed by atoms with Gasteiger partial charge < -0.3 is 0 Å². The molecule has 3 rings (SSSR count). The van der Waals surface area contributed by atoms with Crippen LogP contribution in [0.2, 0.25) is 0 Å². The molecule has 96 valence electrons. The SMILES string of the molecule is NNC(c1ccsc1)c1ccc2cc(Br)ccc2c1. The molecular formula is C15H13BrN2S. The fourth-order valence-electron chi connectivity index (χ4n) is 2.24.